The monoisotopic (exact) mass is 472 g/mol. The van der Waals surface area contributed by atoms with Crippen LogP contribution in [0.25, 0.3) is 23.3 Å². The van der Waals surface area contributed by atoms with Crippen molar-refractivity contribution in [3.63, 3.8) is 0 Å². The van der Waals surface area contributed by atoms with E-state index in [0.29, 0.717) is 17.7 Å². The van der Waals surface area contributed by atoms with Gasteiger partial charge in [0, 0.05) is 48.1 Å². The summed E-state index contributed by atoms with van der Waals surface area (Å²) in [5, 5.41) is 8.85. The second-order valence-electron chi connectivity index (χ2n) is 9.18. The highest BCUT2D eigenvalue weighted by Gasteiger charge is 2.18. The van der Waals surface area contributed by atoms with Crippen LogP contribution in [0.5, 0.6) is 0 Å². The van der Waals surface area contributed by atoms with Crippen LogP contribution < -0.4 is 4.90 Å². The average Bonchev–Trinajstić information content (AvgIpc) is 3.47. The Balaban J connectivity index is 1.82. The Labute approximate surface area is 208 Å². The zero-order valence-corrected chi connectivity index (χ0v) is 21.8. The number of benzene rings is 1. The molecule has 0 aliphatic heterocycles. The van der Waals surface area contributed by atoms with Gasteiger partial charge in [-0.25, -0.2) is 9.36 Å². The lowest BCUT2D eigenvalue weighted by Gasteiger charge is -2.28. The number of rotatable bonds is 10. The highest BCUT2D eigenvalue weighted by atomic mass is 15.4. The number of hydrogen-bond donors (Lipinski definition) is 0. The van der Waals surface area contributed by atoms with E-state index in [1.165, 1.54) is 42.5 Å². The van der Waals surface area contributed by atoms with Crippen LogP contribution in [0.1, 0.15) is 62.0 Å². The summed E-state index contributed by atoms with van der Waals surface area (Å²) < 4.78 is 3.47. The Morgan fingerprint density at radius 3 is 1.60 bits per heavy atom. The van der Waals surface area contributed by atoms with E-state index in [4.69, 9.17) is 15.0 Å². The van der Waals surface area contributed by atoms with E-state index in [2.05, 4.69) is 54.9 Å². The van der Waals surface area contributed by atoms with Crippen molar-refractivity contribution in [3.8, 4) is 23.3 Å². The third kappa shape index (κ3) is 5.26. The number of unbranched alkanes of at least 4 members (excludes halogenated alkanes) is 2. The molecule has 0 aliphatic rings. The van der Waals surface area contributed by atoms with E-state index in [0.717, 1.165) is 30.0 Å². The van der Waals surface area contributed by atoms with Crippen LogP contribution in [0, 0.1) is 27.7 Å². The van der Waals surface area contributed by atoms with Crippen molar-refractivity contribution in [3.05, 3.63) is 59.2 Å². The zero-order valence-electron chi connectivity index (χ0n) is 21.8. The van der Waals surface area contributed by atoms with Gasteiger partial charge in [0.2, 0.25) is 0 Å². The lowest BCUT2D eigenvalue weighted by atomic mass is 10.0. The highest BCUT2D eigenvalue weighted by Crippen LogP contribution is 2.31. The van der Waals surface area contributed by atoms with Crippen LogP contribution in [0.4, 0.5) is 5.69 Å². The fraction of sp³-hybridized carbons (Fsp3) is 0.444. The predicted molar refractivity (Wildman–Crippen MR) is 140 cm³/mol. The minimum atomic E-state index is 0.481. The molecule has 0 aliphatic carbocycles. The van der Waals surface area contributed by atoms with Crippen molar-refractivity contribution in [1.82, 2.24) is 34.5 Å². The molecule has 0 bridgehead atoms. The number of aryl methyl sites for hydroxylation is 4. The normalized spacial score (nSPS) is 11.3. The molecule has 0 spiro atoms. The van der Waals surface area contributed by atoms with Gasteiger partial charge in [-0.1, -0.05) is 26.7 Å². The molecule has 0 saturated heterocycles. The largest absolute Gasteiger partial charge is 0.371 e. The Morgan fingerprint density at radius 2 is 1.20 bits per heavy atom. The van der Waals surface area contributed by atoms with Gasteiger partial charge in [-0.3, -0.25) is 0 Å². The fourth-order valence-electron chi connectivity index (χ4n) is 4.45. The molecule has 0 fully saturated rings. The van der Waals surface area contributed by atoms with E-state index < -0.39 is 0 Å². The van der Waals surface area contributed by atoms with Crippen molar-refractivity contribution >= 4 is 5.69 Å². The molecule has 3 aromatic heterocycles. The molecule has 0 atom stereocenters. The van der Waals surface area contributed by atoms with Gasteiger partial charge in [-0.15, -0.1) is 0 Å². The van der Waals surface area contributed by atoms with Gasteiger partial charge in [0.1, 0.15) is 0 Å². The van der Waals surface area contributed by atoms with Gasteiger partial charge in [0.05, 0.1) is 0 Å². The maximum absolute atomic E-state index is 4.83. The highest BCUT2D eigenvalue weighted by molar-refractivity contribution is 5.69. The smallest absolute Gasteiger partial charge is 0.256 e. The quantitative estimate of drug-likeness (QED) is 0.301. The SMILES string of the molecule is CCCCN(CCCC)c1c(C)cc(-c2nc(-n3nccc3C)nc(-n3nccc3C)n2)cc1C. The standard InChI is InChI=1S/C27H36N8/c1-7-9-15-33(16-10-8-2)24-19(3)17-23(18-20(24)4)25-30-26(34-21(5)11-13-28-34)32-27(31-25)35-22(6)12-14-29-35/h11-14,17-18H,7-10,15-16H2,1-6H3. The molecule has 4 aromatic rings. The fourth-order valence-corrected chi connectivity index (χ4v) is 4.45. The van der Waals surface area contributed by atoms with Crippen LogP contribution in [-0.2, 0) is 0 Å². The van der Waals surface area contributed by atoms with Crippen molar-refractivity contribution < 1.29 is 0 Å². The van der Waals surface area contributed by atoms with Gasteiger partial charge < -0.3 is 4.90 Å². The summed E-state index contributed by atoms with van der Waals surface area (Å²) in [5.41, 5.74) is 6.68. The maximum Gasteiger partial charge on any atom is 0.256 e. The third-order valence-corrected chi connectivity index (χ3v) is 6.28. The van der Waals surface area contributed by atoms with Gasteiger partial charge in [0.25, 0.3) is 11.9 Å². The number of nitrogens with zero attached hydrogens (tertiary/aromatic N) is 8. The van der Waals surface area contributed by atoms with Crippen LogP contribution in [0.3, 0.4) is 0 Å². The number of anilines is 1. The summed E-state index contributed by atoms with van der Waals surface area (Å²) in [5.74, 6) is 1.57. The van der Waals surface area contributed by atoms with Crippen molar-refractivity contribution in [2.45, 2.75) is 67.2 Å². The van der Waals surface area contributed by atoms with E-state index >= 15 is 0 Å². The first kappa shape index (κ1) is 24.6. The molecular weight excluding hydrogens is 436 g/mol. The molecule has 8 heteroatoms. The van der Waals surface area contributed by atoms with Crippen molar-refractivity contribution in [2.24, 2.45) is 0 Å². The second-order valence-corrected chi connectivity index (χ2v) is 9.18. The molecule has 3 heterocycles. The summed E-state index contributed by atoms with van der Waals surface area (Å²) >= 11 is 0. The molecule has 184 valence electrons. The molecular formula is C27H36N8. The topological polar surface area (TPSA) is 77.5 Å². The van der Waals surface area contributed by atoms with E-state index in [1.807, 2.05) is 26.0 Å². The summed E-state index contributed by atoms with van der Waals surface area (Å²) in [4.78, 5) is 16.9. The van der Waals surface area contributed by atoms with Gasteiger partial charge in [-0.05, 0) is 75.9 Å². The Hall–Kier alpha value is -3.55. The van der Waals surface area contributed by atoms with Crippen LogP contribution in [0.2, 0.25) is 0 Å². The summed E-state index contributed by atoms with van der Waals surface area (Å²) in [7, 11) is 0. The van der Waals surface area contributed by atoms with Crippen LogP contribution >= 0.6 is 0 Å². The van der Waals surface area contributed by atoms with E-state index in [-0.39, 0.29) is 0 Å². The van der Waals surface area contributed by atoms with E-state index in [1.54, 1.807) is 21.8 Å². The van der Waals surface area contributed by atoms with E-state index in [9.17, 15) is 0 Å². The first-order valence-corrected chi connectivity index (χ1v) is 12.6. The zero-order chi connectivity index (χ0) is 24.9. The molecule has 0 N–H and O–H groups in total. The van der Waals surface area contributed by atoms with Crippen molar-refractivity contribution in [1.29, 1.82) is 0 Å². The maximum atomic E-state index is 4.83. The second kappa shape index (κ2) is 10.8. The molecule has 4 rings (SSSR count). The number of aromatic nitrogens is 7. The molecule has 0 unspecified atom stereocenters. The molecule has 1 aromatic carbocycles. The molecule has 35 heavy (non-hydrogen) atoms. The first-order valence-electron chi connectivity index (χ1n) is 12.6. The minimum Gasteiger partial charge on any atom is -0.371 e. The Bertz CT molecular complexity index is 1200. The number of hydrogen-bond acceptors (Lipinski definition) is 6. The third-order valence-electron chi connectivity index (χ3n) is 6.28. The minimum absolute atomic E-state index is 0.481. The molecule has 0 saturated carbocycles. The molecule has 8 nitrogen and oxygen atoms in total. The van der Waals surface area contributed by atoms with Gasteiger partial charge in [0.15, 0.2) is 5.82 Å². The lowest BCUT2D eigenvalue weighted by Crippen LogP contribution is -2.27. The summed E-state index contributed by atoms with van der Waals surface area (Å²) in [6, 6.07) is 8.27. The predicted octanol–water partition coefficient (Wildman–Crippen LogP) is 5.55. The summed E-state index contributed by atoms with van der Waals surface area (Å²) in [6.07, 6.45) is 8.27. The Kier molecular flexibility index (Phi) is 7.58. The molecule has 0 radical (unpaired) electrons. The first-order chi connectivity index (χ1) is 16.9. The molecule has 0 amide bonds. The lowest BCUT2D eigenvalue weighted by molar-refractivity contribution is 0.675. The Morgan fingerprint density at radius 1 is 0.714 bits per heavy atom. The summed E-state index contributed by atoms with van der Waals surface area (Å²) in [6.45, 7) is 15.0. The van der Waals surface area contributed by atoms with Crippen molar-refractivity contribution in [2.75, 3.05) is 18.0 Å². The van der Waals surface area contributed by atoms with Crippen LogP contribution in [-0.4, -0.2) is 47.6 Å². The van der Waals surface area contributed by atoms with Crippen LogP contribution in [0.15, 0.2) is 36.7 Å². The van der Waals surface area contributed by atoms with Gasteiger partial charge in [-0.2, -0.15) is 25.1 Å². The average molecular weight is 473 g/mol. The van der Waals surface area contributed by atoms with Gasteiger partial charge >= 0.3 is 0 Å².